The van der Waals surface area contributed by atoms with E-state index in [4.69, 9.17) is 15.9 Å². The average Bonchev–Trinajstić information content (AvgIpc) is 3.46. The molecule has 0 aliphatic rings. The number of hydrogen-bond acceptors (Lipinski definition) is 8. The third-order valence-corrected chi connectivity index (χ3v) is 7.99. The van der Waals surface area contributed by atoms with Gasteiger partial charge in [-0.25, -0.2) is 23.5 Å². The van der Waals surface area contributed by atoms with Gasteiger partial charge in [0.05, 0.1) is 10.6 Å². The molecule has 0 spiro atoms. The highest BCUT2D eigenvalue weighted by Crippen LogP contribution is 2.39. The highest BCUT2D eigenvalue weighted by atomic mass is 32.2. The van der Waals surface area contributed by atoms with Crippen molar-refractivity contribution in [2.75, 3.05) is 11.1 Å². The van der Waals surface area contributed by atoms with E-state index in [1.54, 1.807) is 12.1 Å². The van der Waals surface area contributed by atoms with Crippen LogP contribution >= 0.6 is 22.7 Å². The Balaban J connectivity index is 1.34. The van der Waals surface area contributed by atoms with Crippen molar-refractivity contribution < 1.29 is 8.42 Å². The van der Waals surface area contributed by atoms with E-state index in [0.29, 0.717) is 16.6 Å². The molecule has 5 N–H and O–H groups in total. The van der Waals surface area contributed by atoms with Gasteiger partial charge in [-0.1, -0.05) is 65.9 Å². The molecular formula is C24H19N5O2S3. The topological polar surface area (TPSA) is 124 Å². The molecule has 34 heavy (non-hydrogen) atoms. The lowest BCUT2D eigenvalue weighted by Gasteiger charge is -2.03. The fraction of sp³-hybridized carbons (Fsp3) is 0. The number of benzene rings is 3. The first-order valence-electron chi connectivity index (χ1n) is 10.1. The van der Waals surface area contributed by atoms with Crippen molar-refractivity contribution in [2.45, 2.75) is 4.90 Å². The van der Waals surface area contributed by atoms with Gasteiger partial charge in [-0.2, -0.15) is 0 Å². The first-order chi connectivity index (χ1) is 16.4. The van der Waals surface area contributed by atoms with Crippen LogP contribution in [-0.4, -0.2) is 18.4 Å². The maximum Gasteiger partial charge on any atom is 0.238 e. The Kier molecular flexibility index (Phi) is 5.88. The summed E-state index contributed by atoms with van der Waals surface area (Å²) in [6.07, 6.45) is 0. The van der Waals surface area contributed by atoms with Crippen molar-refractivity contribution in [1.82, 2.24) is 9.97 Å². The number of nitrogens with zero attached hydrogens (tertiary/aromatic N) is 2. The Labute approximate surface area is 204 Å². The predicted octanol–water partition coefficient (Wildman–Crippen LogP) is 5.57. The monoisotopic (exact) mass is 505 g/mol. The lowest BCUT2D eigenvalue weighted by molar-refractivity contribution is 0.598. The molecule has 0 saturated heterocycles. The van der Waals surface area contributed by atoms with Crippen LogP contribution in [0.15, 0.2) is 89.1 Å². The lowest BCUT2D eigenvalue weighted by atomic mass is 10.0. The van der Waals surface area contributed by atoms with Gasteiger partial charge in [0, 0.05) is 16.6 Å². The minimum atomic E-state index is -3.74. The molecule has 170 valence electrons. The first kappa shape index (κ1) is 22.2. The fourth-order valence-electron chi connectivity index (χ4n) is 3.36. The standard InChI is InChI=1S/C24H19N5O2S3/c25-22-21(33-24(29-22)27-18-10-12-19(13-11-18)34(26,30)31)23-28-20(14-32-23)17-8-6-16(7-9-17)15-4-2-1-3-5-15/h1-14H,25H2,(H,27,29)(H2,26,30,31). The molecular weight excluding hydrogens is 486 g/mol. The number of thiazole rings is 2. The minimum absolute atomic E-state index is 0.0458. The second-order valence-electron chi connectivity index (χ2n) is 7.41. The maximum atomic E-state index is 11.4. The Morgan fingerprint density at radius 3 is 2.12 bits per heavy atom. The van der Waals surface area contributed by atoms with E-state index in [-0.39, 0.29) is 4.90 Å². The second-order valence-corrected chi connectivity index (χ2v) is 10.8. The van der Waals surface area contributed by atoms with E-state index in [9.17, 15) is 8.42 Å². The molecule has 10 heteroatoms. The Morgan fingerprint density at radius 2 is 1.44 bits per heavy atom. The zero-order valence-corrected chi connectivity index (χ0v) is 20.1. The van der Waals surface area contributed by atoms with Crippen LogP contribution in [0.25, 0.3) is 32.3 Å². The molecule has 7 nitrogen and oxygen atoms in total. The summed E-state index contributed by atoms with van der Waals surface area (Å²) in [6.45, 7) is 0. The van der Waals surface area contributed by atoms with Crippen LogP contribution in [0.4, 0.5) is 16.6 Å². The maximum absolute atomic E-state index is 11.4. The number of aromatic nitrogens is 2. The van der Waals surface area contributed by atoms with Gasteiger partial charge in [0.25, 0.3) is 0 Å². The van der Waals surface area contributed by atoms with Crippen molar-refractivity contribution in [2.24, 2.45) is 5.14 Å². The van der Waals surface area contributed by atoms with E-state index in [1.807, 2.05) is 23.6 Å². The average molecular weight is 506 g/mol. The van der Waals surface area contributed by atoms with Crippen LogP contribution in [0, 0.1) is 0 Å². The number of nitrogen functional groups attached to an aromatic ring is 1. The van der Waals surface area contributed by atoms with Crippen LogP contribution in [-0.2, 0) is 10.0 Å². The van der Waals surface area contributed by atoms with Crippen LogP contribution in [0.3, 0.4) is 0 Å². The van der Waals surface area contributed by atoms with Crippen LogP contribution < -0.4 is 16.2 Å². The summed E-state index contributed by atoms with van der Waals surface area (Å²) < 4.78 is 22.8. The molecule has 0 bridgehead atoms. The minimum Gasteiger partial charge on any atom is -0.382 e. The van der Waals surface area contributed by atoms with E-state index >= 15 is 0 Å². The number of anilines is 3. The Bertz CT molecular complexity index is 1540. The smallest absolute Gasteiger partial charge is 0.238 e. The van der Waals surface area contributed by atoms with E-state index in [2.05, 4.69) is 46.7 Å². The Hall–Kier alpha value is -3.57. The van der Waals surface area contributed by atoms with Crippen molar-refractivity contribution in [3.8, 4) is 32.3 Å². The van der Waals surface area contributed by atoms with Crippen LogP contribution in [0.5, 0.6) is 0 Å². The van der Waals surface area contributed by atoms with Gasteiger partial charge in [-0.3, -0.25) is 0 Å². The summed E-state index contributed by atoms with van der Waals surface area (Å²) in [6, 6.07) is 24.7. The number of rotatable bonds is 6. The van der Waals surface area contributed by atoms with Crippen molar-refractivity contribution >= 4 is 49.3 Å². The molecule has 0 atom stereocenters. The van der Waals surface area contributed by atoms with Crippen molar-refractivity contribution in [3.63, 3.8) is 0 Å². The summed E-state index contributed by atoms with van der Waals surface area (Å²) in [5.74, 6) is 0.383. The van der Waals surface area contributed by atoms with Crippen LogP contribution in [0.2, 0.25) is 0 Å². The van der Waals surface area contributed by atoms with Gasteiger partial charge in [0.2, 0.25) is 10.0 Å². The molecule has 0 saturated carbocycles. The number of nitrogens with two attached hydrogens (primary N) is 2. The third-order valence-electron chi connectivity index (χ3n) is 5.07. The zero-order chi connectivity index (χ0) is 23.7. The second kappa shape index (κ2) is 8.99. The van der Waals surface area contributed by atoms with Crippen molar-refractivity contribution in [3.05, 3.63) is 84.2 Å². The number of primary sulfonamides is 1. The highest BCUT2D eigenvalue weighted by molar-refractivity contribution is 7.89. The van der Waals surface area contributed by atoms with Gasteiger partial charge in [0.15, 0.2) is 5.13 Å². The SMILES string of the molecule is Nc1nc(Nc2ccc(S(N)(=O)=O)cc2)sc1-c1nc(-c2ccc(-c3ccccc3)cc2)cs1. The molecule has 2 aromatic heterocycles. The van der Waals surface area contributed by atoms with E-state index < -0.39 is 10.0 Å². The normalized spacial score (nSPS) is 11.4. The summed E-state index contributed by atoms with van der Waals surface area (Å²) in [7, 11) is -3.74. The molecule has 2 heterocycles. The van der Waals surface area contributed by atoms with Gasteiger partial charge in [-0.15, -0.1) is 11.3 Å². The number of sulfonamides is 1. The van der Waals surface area contributed by atoms with Crippen LogP contribution in [0.1, 0.15) is 0 Å². The van der Waals surface area contributed by atoms with E-state index in [0.717, 1.165) is 26.7 Å². The van der Waals surface area contributed by atoms with Gasteiger partial charge in [0.1, 0.15) is 15.7 Å². The fourth-order valence-corrected chi connectivity index (χ4v) is 5.71. The quantitative estimate of drug-likeness (QED) is 0.277. The summed E-state index contributed by atoms with van der Waals surface area (Å²) in [5.41, 5.74) is 11.1. The largest absolute Gasteiger partial charge is 0.382 e. The number of hydrogen-bond donors (Lipinski definition) is 3. The molecule has 0 aliphatic heterocycles. The van der Waals surface area contributed by atoms with Crippen molar-refractivity contribution in [1.29, 1.82) is 0 Å². The zero-order valence-electron chi connectivity index (χ0n) is 17.7. The molecule has 0 unspecified atom stereocenters. The lowest BCUT2D eigenvalue weighted by Crippen LogP contribution is -2.11. The first-order valence-corrected chi connectivity index (χ1v) is 13.4. The molecule has 0 fully saturated rings. The molecule has 3 aromatic carbocycles. The number of nitrogens with one attached hydrogen (secondary N) is 1. The summed E-state index contributed by atoms with van der Waals surface area (Å²) in [5, 5.41) is 11.7. The van der Waals surface area contributed by atoms with E-state index in [1.165, 1.54) is 40.4 Å². The highest BCUT2D eigenvalue weighted by Gasteiger charge is 2.16. The molecule has 5 rings (SSSR count). The van der Waals surface area contributed by atoms with Gasteiger partial charge < -0.3 is 11.1 Å². The summed E-state index contributed by atoms with van der Waals surface area (Å²) in [4.78, 5) is 9.99. The molecule has 0 aliphatic carbocycles. The Morgan fingerprint density at radius 1 is 0.794 bits per heavy atom. The van der Waals surface area contributed by atoms with Gasteiger partial charge >= 0.3 is 0 Å². The predicted molar refractivity (Wildman–Crippen MR) is 140 cm³/mol. The van der Waals surface area contributed by atoms with Gasteiger partial charge in [-0.05, 0) is 35.4 Å². The summed E-state index contributed by atoms with van der Waals surface area (Å²) >= 11 is 2.89. The molecule has 5 aromatic rings. The molecule has 0 radical (unpaired) electrons. The molecule has 0 amide bonds. The third kappa shape index (κ3) is 4.70.